The van der Waals surface area contributed by atoms with Crippen molar-refractivity contribution in [1.29, 1.82) is 0 Å². The van der Waals surface area contributed by atoms with Gasteiger partial charge in [-0.25, -0.2) is 9.59 Å². The minimum Gasteiger partial charge on any atom is -0.445 e. The Labute approximate surface area is 148 Å². The van der Waals surface area contributed by atoms with E-state index < -0.39 is 17.8 Å². The zero-order valence-electron chi connectivity index (χ0n) is 14.9. The first-order valence-electron chi connectivity index (χ1n) is 8.38. The van der Waals surface area contributed by atoms with Gasteiger partial charge in [-0.05, 0) is 32.8 Å². The summed E-state index contributed by atoms with van der Waals surface area (Å²) in [7, 11) is 0. The van der Waals surface area contributed by atoms with Crippen LogP contribution in [0, 0.1) is 0 Å². The Bertz CT molecular complexity index is 571. The monoisotopic (exact) mass is 350 g/mol. The fraction of sp³-hybridized carbons (Fsp3) is 0.556. The van der Waals surface area contributed by atoms with Crippen molar-refractivity contribution in [2.24, 2.45) is 0 Å². The summed E-state index contributed by atoms with van der Waals surface area (Å²) in [4.78, 5) is 24.0. The molecule has 2 N–H and O–H groups in total. The fourth-order valence-electron chi connectivity index (χ4n) is 2.43. The van der Waals surface area contributed by atoms with Crippen molar-refractivity contribution in [2.45, 2.75) is 51.5 Å². The zero-order chi connectivity index (χ0) is 18.3. The number of rotatable bonds is 4. The third kappa shape index (κ3) is 7.01. The highest BCUT2D eigenvalue weighted by atomic mass is 16.6. The van der Waals surface area contributed by atoms with Crippen molar-refractivity contribution in [3.63, 3.8) is 0 Å². The van der Waals surface area contributed by atoms with Gasteiger partial charge in [0.2, 0.25) is 0 Å². The maximum atomic E-state index is 12.0. The molecule has 138 valence electrons. The molecule has 1 aliphatic heterocycles. The van der Waals surface area contributed by atoms with Crippen LogP contribution in [0.5, 0.6) is 0 Å². The number of hydrogen-bond donors (Lipinski definition) is 2. The van der Waals surface area contributed by atoms with Crippen LogP contribution in [-0.2, 0) is 20.8 Å². The van der Waals surface area contributed by atoms with Crippen molar-refractivity contribution >= 4 is 12.2 Å². The molecule has 0 radical (unpaired) electrons. The Balaban J connectivity index is 1.83. The lowest BCUT2D eigenvalue weighted by molar-refractivity contribution is 0.0269. The number of hydrogen-bond acceptors (Lipinski definition) is 5. The summed E-state index contributed by atoms with van der Waals surface area (Å²) in [6.45, 7) is 6.40. The number of carbonyl (C=O) groups is 2. The van der Waals surface area contributed by atoms with Crippen molar-refractivity contribution in [3.05, 3.63) is 35.9 Å². The average molecular weight is 350 g/mol. The second-order valence-electron chi connectivity index (χ2n) is 6.93. The van der Waals surface area contributed by atoms with Gasteiger partial charge >= 0.3 is 12.2 Å². The predicted molar refractivity (Wildman–Crippen MR) is 92.1 cm³/mol. The first kappa shape index (κ1) is 19.1. The van der Waals surface area contributed by atoms with Gasteiger partial charge in [0.25, 0.3) is 0 Å². The maximum Gasteiger partial charge on any atom is 0.407 e. The van der Waals surface area contributed by atoms with Gasteiger partial charge in [-0.15, -0.1) is 0 Å². The minimum atomic E-state index is -0.577. The van der Waals surface area contributed by atoms with Gasteiger partial charge in [0.1, 0.15) is 12.2 Å². The van der Waals surface area contributed by atoms with E-state index in [-0.39, 0.29) is 18.7 Å². The molecule has 0 aromatic heterocycles. The summed E-state index contributed by atoms with van der Waals surface area (Å²) in [5.74, 6) is 0. The maximum absolute atomic E-state index is 12.0. The summed E-state index contributed by atoms with van der Waals surface area (Å²) in [5, 5.41) is 5.54. The second-order valence-corrected chi connectivity index (χ2v) is 6.93. The highest BCUT2D eigenvalue weighted by Gasteiger charge is 2.30. The van der Waals surface area contributed by atoms with Gasteiger partial charge in [0.15, 0.2) is 0 Å². The van der Waals surface area contributed by atoms with Crippen LogP contribution < -0.4 is 10.6 Å². The zero-order valence-corrected chi connectivity index (χ0v) is 14.9. The topological polar surface area (TPSA) is 85.9 Å². The van der Waals surface area contributed by atoms with Crippen molar-refractivity contribution < 1.29 is 23.8 Å². The number of carbonyl (C=O) groups excluding carboxylic acids is 2. The van der Waals surface area contributed by atoms with E-state index in [4.69, 9.17) is 14.2 Å². The van der Waals surface area contributed by atoms with E-state index in [1.165, 1.54) is 0 Å². The van der Waals surface area contributed by atoms with Crippen LogP contribution in [0.25, 0.3) is 0 Å². The van der Waals surface area contributed by atoms with E-state index in [1.54, 1.807) is 20.8 Å². The highest BCUT2D eigenvalue weighted by Crippen LogP contribution is 2.12. The van der Waals surface area contributed by atoms with Crippen LogP contribution >= 0.6 is 0 Å². The second kappa shape index (κ2) is 8.71. The third-order valence-electron chi connectivity index (χ3n) is 3.57. The van der Waals surface area contributed by atoms with E-state index >= 15 is 0 Å². The van der Waals surface area contributed by atoms with Crippen molar-refractivity contribution in [3.8, 4) is 0 Å². The molecule has 1 fully saturated rings. The fourth-order valence-corrected chi connectivity index (χ4v) is 2.43. The van der Waals surface area contributed by atoms with Crippen LogP contribution in [0.3, 0.4) is 0 Å². The summed E-state index contributed by atoms with van der Waals surface area (Å²) in [5.41, 5.74) is 0.327. The highest BCUT2D eigenvalue weighted by molar-refractivity contribution is 5.69. The Morgan fingerprint density at radius 1 is 1.12 bits per heavy atom. The lowest BCUT2D eigenvalue weighted by Crippen LogP contribution is -2.57. The van der Waals surface area contributed by atoms with Crippen LogP contribution in [-0.4, -0.2) is 43.1 Å². The van der Waals surface area contributed by atoms with Gasteiger partial charge in [0.05, 0.1) is 18.7 Å². The Hall–Kier alpha value is -2.28. The molecule has 1 saturated heterocycles. The third-order valence-corrected chi connectivity index (χ3v) is 3.57. The molecule has 0 spiro atoms. The molecule has 1 unspecified atom stereocenters. The van der Waals surface area contributed by atoms with Crippen LogP contribution in [0.15, 0.2) is 30.3 Å². The van der Waals surface area contributed by atoms with Crippen molar-refractivity contribution in [2.75, 3.05) is 13.2 Å². The summed E-state index contributed by atoms with van der Waals surface area (Å²) >= 11 is 0. The number of nitrogens with one attached hydrogen (secondary N) is 2. The van der Waals surface area contributed by atoms with E-state index in [0.717, 1.165) is 5.56 Å². The van der Waals surface area contributed by atoms with Gasteiger partial charge in [-0.2, -0.15) is 0 Å². The molecule has 1 aromatic rings. The van der Waals surface area contributed by atoms with Crippen LogP contribution in [0.1, 0.15) is 32.8 Å². The van der Waals surface area contributed by atoms with Crippen LogP contribution in [0.2, 0.25) is 0 Å². The largest absolute Gasteiger partial charge is 0.445 e. The Morgan fingerprint density at radius 3 is 2.48 bits per heavy atom. The molecule has 1 aliphatic rings. The van der Waals surface area contributed by atoms with Crippen LogP contribution in [0.4, 0.5) is 9.59 Å². The SMILES string of the molecule is CC(C)(C)OC(=O)N[C@@H]1CCOCC1NC(=O)OCc1ccccc1. The average Bonchev–Trinajstić information content (AvgIpc) is 2.54. The van der Waals surface area contributed by atoms with E-state index in [0.29, 0.717) is 19.6 Å². The molecule has 7 nitrogen and oxygen atoms in total. The normalized spacial score (nSPS) is 20.4. The quantitative estimate of drug-likeness (QED) is 0.872. The lowest BCUT2D eigenvalue weighted by atomic mass is 10.0. The van der Waals surface area contributed by atoms with Crippen molar-refractivity contribution in [1.82, 2.24) is 10.6 Å². The first-order valence-corrected chi connectivity index (χ1v) is 8.38. The number of benzene rings is 1. The van der Waals surface area contributed by atoms with E-state index in [2.05, 4.69) is 10.6 Å². The Morgan fingerprint density at radius 2 is 1.80 bits per heavy atom. The number of amides is 2. The number of ether oxygens (including phenoxy) is 3. The van der Waals surface area contributed by atoms with Gasteiger partial charge in [-0.1, -0.05) is 30.3 Å². The van der Waals surface area contributed by atoms with Gasteiger partial charge in [-0.3, -0.25) is 0 Å². The standard InChI is InChI=1S/C18H26N2O5/c1-18(2,3)25-17(22)19-14-9-10-23-12-15(14)20-16(21)24-11-13-7-5-4-6-8-13/h4-8,14-15H,9-12H2,1-3H3,(H,19,22)(H,20,21)/t14-,15?/m1/s1. The minimum absolute atomic E-state index is 0.185. The summed E-state index contributed by atoms with van der Waals surface area (Å²) < 4.78 is 15.9. The van der Waals surface area contributed by atoms with E-state index in [1.807, 2.05) is 30.3 Å². The van der Waals surface area contributed by atoms with Gasteiger partial charge in [0, 0.05) is 6.61 Å². The molecule has 1 aromatic carbocycles. The molecule has 0 saturated carbocycles. The molecule has 2 atom stereocenters. The molecular formula is C18H26N2O5. The number of alkyl carbamates (subject to hydrolysis) is 2. The predicted octanol–water partition coefficient (Wildman–Crippen LogP) is 2.60. The molecule has 7 heteroatoms. The first-order chi connectivity index (χ1) is 11.8. The molecular weight excluding hydrogens is 324 g/mol. The Kier molecular flexibility index (Phi) is 6.64. The van der Waals surface area contributed by atoms with E-state index in [9.17, 15) is 9.59 Å². The summed E-state index contributed by atoms with van der Waals surface area (Å²) in [6.07, 6.45) is -0.470. The molecule has 0 bridgehead atoms. The lowest BCUT2D eigenvalue weighted by Gasteiger charge is -2.33. The molecule has 0 aliphatic carbocycles. The molecule has 25 heavy (non-hydrogen) atoms. The summed E-state index contributed by atoms with van der Waals surface area (Å²) in [6, 6.07) is 8.78. The smallest absolute Gasteiger partial charge is 0.407 e. The molecule has 2 amide bonds. The molecule has 1 heterocycles. The van der Waals surface area contributed by atoms with Gasteiger partial charge < -0.3 is 24.8 Å². The molecule has 2 rings (SSSR count).